The van der Waals surface area contributed by atoms with Crippen molar-refractivity contribution in [3.8, 4) is 6.01 Å². The number of likely N-dealkylation sites (tertiary alicyclic amines) is 1. The first kappa shape index (κ1) is 15.0. The third-order valence-electron chi connectivity index (χ3n) is 3.34. The van der Waals surface area contributed by atoms with Gasteiger partial charge in [0.05, 0.1) is 24.0 Å². The molecule has 1 amide bonds. The summed E-state index contributed by atoms with van der Waals surface area (Å²) in [6.07, 6.45) is 7.48. The van der Waals surface area contributed by atoms with E-state index in [2.05, 4.69) is 16.9 Å². The molecule has 1 aromatic rings. The number of unbranched alkanes of at least 4 members (excludes halogenated alkanes) is 1. The molecule has 1 atom stereocenters. The highest BCUT2D eigenvalue weighted by Gasteiger charge is 2.25. The summed E-state index contributed by atoms with van der Waals surface area (Å²) >= 11 is 5.73. The topological polar surface area (TPSA) is 55.3 Å². The van der Waals surface area contributed by atoms with Crippen LogP contribution in [0.3, 0.4) is 0 Å². The van der Waals surface area contributed by atoms with Crippen LogP contribution in [-0.2, 0) is 4.79 Å². The molecule has 0 aromatic carbocycles. The number of halogens is 1. The SMILES string of the molecule is CCCCC(=O)N1CCCC(Oc2ncc(Cl)cn2)C1. The van der Waals surface area contributed by atoms with Crippen molar-refractivity contribution in [3.05, 3.63) is 17.4 Å². The molecule has 0 aliphatic carbocycles. The molecule has 0 spiro atoms. The molecule has 1 unspecified atom stereocenters. The van der Waals surface area contributed by atoms with Gasteiger partial charge < -0.3 is 9.64 Å². The Bertz CT molecular complexity index is 439. The molecule has 20 heavy (non-hydrogen) atoms. The largest absolute Gasteiger partial charge is 0.458 e. The Morgan fingerprint density at radius 2 is 2.25 bits per heavy atom. The number of aromatic nitrogens is 2. The lowest BCUT2D eigenvalue weighted by molar-refractivity contribution is -0.134. The molecule has 1 aliphatic rings. The molecule has 5 nitrogen and oxygen atoms in total. The monoisotopic (exact) mass is 297 g/mol. The van der Waals surface area contributed by atoms with Crippen LogP contribution in [0, 0.1) is 0 Å². The van der Waals surface area contributed by atoms with Gasteiger partial charge in [0, 0.05) is 13.0 Å². The smallest absolute Gasteiger partial charge is 0.316 e. The molecule has 1 aliphatic heterocycles. The molecule has 110 valence electrons. The Morgan fingerprint density at radius 3 is 2.95 bits per heavy atom. The van der Waals surface area contributed by atoms with Gasteiger partial charge in [-0.15, -0.1) is 0 Å². The first-order valence-electron chi connectivity index (χ1n) is 7.11. The zero-order valence-electron chi connectivity index (χ0n) is 11.7. The lowest BCUT2D eigenvalue weighted by Crippen LogP contribution is -2.44. The first-order valence-corrected chi connectivity index (χ1v) is 7.49. The van der Waals surface area contributed by atoms with Crippen LogP contribution in [0.5, 0.6) is 6.01 Å². The number of amides is 1. The molecular formula is C14H20ClN3O2. The predicted octanol–water partition coefficient (Wildman–Crippen LogP) is 2.69. The van der Waals surface area contributed by atoms with E-state index in [1.807, 2.05) is 4.90 Å². The highest BCUT2D eigenvalue weighted by atomic mass is 35.5. The maximum atomic E-state index is 12.0. The van der Waals surface area contributed by atoms with E-state index in [0.717, 1.165) is 32.2 Å². The van der Waals surface area contributed by atoms with Gasteiger partial charge in [-0.3, -0.25) is 4.79 Å². The van der Waals surface area contributed by atoms with E-state index in [1.54, 1.807) is 0 Å². The quantitative estimate of drug-likeness (QED) is 0.838. The number of hydrogen-bond donors (Lipinski definition) is 0. The summed E-state index contributed by atoms with van der Waals surface area (Å²) in [6.45, 7) is 3.53. The van der Waals surface area contributed by atoms with E-state index in [0.29, 0.717) is 24.0 Å². The fourth-order valence-electron chi connectivity index (χ4n) is 2.26. The van der Waals surface area contributed by atoms with Gasteiger partial charge in [0.25, 0.3) is 0 Å². The molecule has 1 saturated heterocycles. The van der Waals surface area contributed by atoms with Gasteiger partial charge in [-0.05, 0) is 19.3 Å². The second kappa shape index (κ2) is 7.43. The first-order chi connectivity index (χ1) is 9.69. The van der Waals surface area contributed by atoms with Crippen molar-refractivity contribution >= 4 is 17.5 Å². The number of hydrogen-bond acceptors (Lipinski definition) is 4. The van der Waals surface area contributed by atoms with E-state index in [1.165, 1.54) is 12.4 Å². The lowest BCUT2D eigenvalue weighted by Gasteiger charge is -2.32. The minimum atomic E-state index is -0.0319. The molecule has 0 bridgehead atoms. The van der Waals surface area contributed by atoms with Gasteiger partial charge in [0.2, 0.25) is 5.91 Å². The van der Waals surface area contributed by atoms with Crippen LogP contribution in [0.25, 0.3) is 0 Å². The zero-order valence-corrected chi connectivity index (χ0v) is 12.5. The molecule has 6 heteroatoms. The van der Waals surface area contributed by atoms with Gasteiger partial charge in [-0.1, -0.05) is 24.9 Å². The van der Waals surface area contributed by atoms with Gasteiger partial charge in [0.1, 0.15) is 6.10 Å². The lowest BCUT2D eigenvalue weighted by atomic mass is 10.1. The summed E-state index contributed by atoms with van der Waals surface area (Å²) in [6, 6.07) is 0.322. The fraction of sp³-hybridized carbons (Fsp3) is 0.643. The summed E-state index contributed by atoms with van der Waals surface area (Å²) in [7, 11) is 0. The highest BCUT2D eigenvalue weighted by Crippen LogP contribution is 2.17. The van der Waals surface area contributed by atoms with Gasteiger partial charge in [-0.25, -0.2) is 9.97 Å². The van der Waals surface area contributed by atoms with Crippen molar-refractivity contribution in [2.45, 2.75) is 45.1 Å². The third-order valence-corrected chi connectivity index (χ3v) is 3.54. The predicted molar refractivity (Wildman–Crippen MR) is 76.8 cm³/mol. The minimum Gasteiger partial charge on any atom is -0.458 e. The summed E-state index contributed by atoms with van der Waals surface area (Å²) in [5.74, 6) is 0.220. The van der Waals surface area contributed by atoms with Crippen molar-refractivity contribution in [2.75, 3.05) is 13.1 Å². The van der Waals surface area contributed by atoms with Crippen LogP contribution in [-0.4, -0.2) is 40.0 Å². The summed E-state index contributed by atoms with van der Waals surface area (Å²) in [4.78, 5) is 22.0. The van der Waals surface area contributed by atoms with Crippen molar-refractivity contribution in [1.82, 2.24) is 14.9 Å². The standard InChI is InChI=1S/C14H20ClN3O2/c1-2-3-6-13(19)18-7-4-5-12(10-18)20-14-16-8-11(15)9-17-14/h8-9,12H,2-7,10H2,1H3. The maximum Gasteiger partial charge on any atom is 0.316 e. The average molecular weight is 298 g/mol. The second-order valence-electron chi connectivity index (χ2n) is 5.01. The Labute approximate surface area is 124 Å². The van der Waals surface area contributed by atoms with Gasteiger partial charge in [-0.2, -0.15) is 0 Å². The normalized spacial score (nSPS) is 18.9. The Kier molecular flexibility index (Phi) is 5.59. The zero-order chi connectivity index (χ0) is 14.4. The molecule has 1 aromatic heterocycles. The minimum absolute atomic E-state index is 0.0319. The molecule has 0 radical (unpaired) electrons. The van der Waals surface area contributed by atoms with Crippen LogP contribution in [0.15, 0.2) is 12.4 Å². The fourth-order valence-corrected chi connectivity index (χ4v) is 2.35. The van der Waals surface area contributed by atoms with Gasteiger partial charge in [0.15, 0.2) is 0 Å². The van der Waals surface area contributed by atoms with Crippen LogP contribution >= 0.6 is 11.6 Å². The number of carbonyl (C=O) groups is 1. The van der Waals surface area contributed by atoms with E-state index in [4.69, 9.17) is 16.3 Å². The van der Waals surface area contributed by atoms with Crippen LogP contribution in [0.1, 0.15) is 39.0 Å². The number of nitrogens with zero attached hydrogens (tertiary/aromatic N) is 3. The van der Waals surface area contributed by atoms with Crippen LogP contribution in [0.4, 0.5) is 0 Å². The van der Waals surface area contributed by atoms with Gasteiger partial charge >= 0.3 is 6.01 Å². The molecule has 0 saturated carbocycles. The average Bonchev–Trinajstić information content (AvgIpc) is 2.47. The molecule has 2 heterocycles. The Hall–Kier alpha value is -1.36. The van der Waals surface area contributed by atoms with Crippen LogP contribution < -0.4 is 4.74 Å². The summed E-state index contributed by atoms with van der Waals surface area (Å²) in [5, 5.41) is 0.484. The number of rotatable bonds is 5. The molecule has 1 fully saturated rings. The number of ether oxygens (including phenoxy) is 1. The Balaban J connectivity index is 1.86. The highest BCUT2D eigenvalue weighted by molar-refractivity contribution is 6.30. The van der Waals surface area contributed by atoms with Crippen molar-refractivity contribution in [2.24, 2.45) is 0 Å². The summed E-state index contributed by atoms with van der Waals surface area (Å²) in [5.41, 5.74) is 0. The third kappa shape index (κ3) is 4.34. The number of carbonyl (C=O) groups excluding carboxylic acids is 1. The Morgan fingerprint density at radius 1 is 1.50 bits per heavy atom. The second-order valence-corrected chi connectivity index (χ2v) is 5.45. The van der Waals surface area contributed by atoms with E-state index >= 15 is 0 Å². The van der Waals surface area contributed by atoms with Crippen LogP contribution in [0.2, 0.25) is 5.02 Å². The summed E-state index contributed by atoms with van der Waals surface area (Å²) < 4.78 is 5.72. The molecule has 2 rings (SSSR count). The molecule has 0 N–H and O–H groups in total. The molecular weight excluding hydrogens is 278 g/mol. The van der Waals surface area contributed by atoms with E-state index in [-0.39, 0.29) is 12.0 Å². The van der Waals surface area contributed by atoms with Crippen molar-refractivity contribution in [3.63, 3.8) is 0 Å². The number of piperidine rings is 1. The maximum absolute atomic E-state index is 12.0. The van der Waals surface area contributed by atoms with E-state index < -0.39 is 0 Å². The van der Waals surface area contributed by atoms with E-state index in [9.17, 15) is 4.79 Å². The van der Waals surface area contributed by atoms with Crippen molar-refractivity contribution < 1.29 is 9.53 Å². The van der Waals surface area contributed by atoms with Crippen molar-refractivity contribution in [1.29, 1.82) is 0 Å².